The first-order valence-electron chi connectivity index (χ1n) is 9.26. The number of benzene rings is 2. The molecule has 0 saturated heterocycles. The summed E-state index contributed by atoms with van der Waals surface area (Å²) in [6, 6.07) is 10.8. The highest BCUT2D eigenvalue weighted by atomic mass is 19.3. The molecule has 1 aliphatic heterocycles. The van der Waals surface area contributed by atoms with Crippen LogP contribution in [0.1, 0.15) is 36.5 Å². The summed E-state index contributed by atoms with van der Waals surface area (Å²) in [5.74, 6) is 1.78. The number of imidazole rings is 1. The quantitative estimate of drug-likeness (QED) is 0.643. The van der Waals surface area contributed by atoms with E-state index in [9.17, 15) is 8.78 Å². The number of hydrogen-bond donors (Lipinski definition) is 0. The third-order valence-corrected chi connectivity index (χ3v) is 5.49. The van der Waals surface area contributed by atoms with E-state index in [1.165, 1.54) is 5.56 Å². The van der Waals surface area contributed by atoms with Crippen LogP contribution in [-0.4, -0.2) is 35.2 Å². The van der Waals surface area contributed by atoms with Gasteiger partial charge in [-0.3, -0.25) is 9.47 Å². The van der Waals surface area contributed by atoms with E-state index < -0.39 is 6.55 Å². The lowest BCUT2D eigenvalue weighted by atomic mass is 9.97. The van der Waals surface area contributed by atoms with Gasteiger partial charge in [-0.15, -0.1) is 0 Å². The molecule has 7 heteroatoms. The molecule has 1 aliphatic rings. The molecule has 2 heterocycles. The van der Waals surface area contributed by atoms with Crippen LogP contribution in [0.15, 0.2) is 36.4 Å². The van der Waals surface area contributed by atoms with Crippen LogP contribution in [0.2, 0.25) is 0 Å². The molecule has 0 aliphatic carbocycles. The first-order valence-corrected chi connectivity index (χ1v) is 9.26. The maximum atomic E-state index is 13.8. The number of fused-ring (bicyclic) bond motifs is 2. The van der Waals surface area contributed by atoms with Crippen molar-refractivity contribution in [2.45, 2.75) is 32.5 Å². The van der Waals surface area contributed by atoms with Crippen LogP contribution in [0.25, 0.3) is 11.0 Å². The molecule has 28 heavy (non-hydrogen) atoms. The van der Waals surface area contributed by atoms with Crippen molar-refractivity contribution in [2.24, 2.45) is 0 Å². The molecule has 1 atom stereocenters. The molecule has 2 aromatic carbocycles. The Labute approximate surface area is 162 Å². The van der Waals surface area contributed by atoms with Crippen LogP contribution in [0.3, 0.4) is 0 Å². The van der Waals surface area contributed by atoms with Gasteiger partial charge in [-0.05, 0) is 48.7 Å². The minimum Gasteiger partial charge on any atom is -0.493 e. The molecule has 148 valence electrons. The zero-order valence-corrected chi connectivity index (χ0v) is 16.2. The van der Waals surface area contributed by atoms with E-state index in [0.717, 1.165) is 23.1 Å². The van der Waals surface area contributed by atoms with Crippen LogP contribution < -0.4 is 9.47 Å². The minimum atomic E-state index is -2.63. The lowest BCUT2D eigenvalue weighted by molar-refractivity contribution is 0.0635. The standard InChI is InChI=1S/C21H23F2N3O2/c1-13(20-24-16-6-4-5-7-17(16)26(20)21(22)23)25-9-8-14-10-18(27-2)19(28-3)11-15(14)12-25/h4-7,10-11,13,21H,8-9,12H2,1-3H3. The van der Waals surface area contributed by atoms with Crippen molar-refractivity contribution in [3.8, 4) is 11.5 Å². The van der Waals surface area contributed by atoms with Crippen LogP contribution in [0.5, 0.6) is 11.5 Å². The van der Waals surface area contributed by atoms with Crippen molar-refractivity contribution < 1.29 is 18.3 Å². The van der Waals surface area contributed by atoms with E-state index >= 15 is 0 Å². The van der Waals surface area contributed by atoms with Crippen molar-refractivity contribution >= 4 is 11.0 Å². The van der Waals surface area contributed by atoms with Crippen LogP contribution in [0.4, 0.5) is 8.78 Å². The zero-order chi connectivity index (χ0) is 19.8. The third kappa shape index (κ3) is 3.09. The Balaban J connectivity index is 1.68. The molecule has 0 bridgehead atoms. The van der Waals surface area contributed by atoms with Crippen molar-refractivity contribution in [3.63, 3.8) is 0 Å². The maximum absolute atomic E-state index is 13.8. The van der Waals surface area contributed by atoms with E-state index in [2.05, 4.69) is 9.88 Å². The van der Waals surface area contributed by atoms with Crippen molar-refractivity contribution in [1.82, 2.24) is 14.5 Å². The number of methoxy groups -OCH3 is 2. The van der Waals surface area contributed by atoms with E-state index in [1.807, 2.05) is 25.1 Å². The molecule has 4 rings (SSSR count). The molecule has 0 saturated carbocycles. The monoisotopic (exact) mass is 387 g/mol. The number of aromatic nitrogens is 2. The number of alkyl halides is 2. The van der Waals surface area contributed by atoms with E-state index in [1.54, 1.807) is 32.4 Å². The predicted molar refractivity (Wildman–Crippen MR) is 103 cm³/mol. The summed E-state index contributed by atoms with van der Waals surface area (Å²) in [5.41, 5.74) is 3.37. The summed E-state index contributed by atoms with van der Waals surface area (Å²) in [7, 11) is 3.23. The maximum Gasteiger partial charge on any atom is 0.320 e. The van der Waals surface area contributed by atoms with Gasteiger partial charge >= 0.3 is 6.55 Å². The fourth-order valence-electron chi connectivity index (χ4n) is 3.96. The van der Waals surface area contributed by atoms with Gasteiger partial charge in [0.2, 0.25) is 0 Å². The summed E-state index contributed by atoms with van der Waals surface area (Å²) in [6.45, 7) is 0.705. The molecule has 0 radical (unpaired) electrons. The van der Waals surface area contributed by atoms with Gasteiger partial charge < -0.3 is 9.47 Å². The molecule has 0 amide bonds. The normalized spacial score (nSPS) is 15.6. The molecule has 1 unspecified atom stereocenters. The Hall–Kier alpha value is -2.67. The van der Waals surface area contributed by atoms with Gasteiger partial charge in [0.05, 0.1) is 31.3 Å². The Kier molecular flexibility index (Phi) is 4.93. The highest BCUT2D eigenvalue weighted by Crippen LogP contribution is 2.36. The second-order valence-electron chi connectivity index (χ2n) is 6.98. The predicted octanol–water partition coefficient (Wildman–Crippen LogP) is 4.57. The molecule has 0 fully saturated rings. The zero-order valence-electron chi connectivity index (χ0n) is 16.2. The molecule has 1 aromatic heterocycles. The third-order valence-electron chi connectivity index (χ3n) is 5.49. The Bertz CT molecular complexity index is 1000. The Morgan fingerprint density at radius 2 is 1.71 bits per heavy atom. The van der Waals surface area contributed by atoms with E-state index in [4.69, 9.17) is 9.47 Å². The molecule has 3 aromatic rings. The summed E-state index contributed by atoms with van der Waals surface area (Å²) in [6.07, 6.45) is 0.814. The SMILES string of the molecule is COc1cc2c(cc1OC)CN(C(C)c1nc3ccccc3n1C(F)F)CC2. The second kappa shape index (κ2) is 7.39. The van der Waals surface area contributed by atoms with Crippen LogP contribution >= 0.6 is 0 Å². The van der Waals surface area contributed by atoms with Crippen molar-refractivity contribution in [1.29, 1.82) is 0 Å². The lowest BCUT2D eigenvalue weighted by Gasteiger charge is -2.34. The Morgan fingerprint density at radius 3 is 2.39 bits per heavy atom. The second-order valence-corrected chi connectivity index (χ2v) is 6.98. The molecule has 0 spiro atoms. The van der Waals surface area contributed by atoms with Crippen molar-refractivity contribution in [3.05, 3.63) is 53.3 Å². The largest absolute Gasteiger partial charge is 0.493 e. The summed E-state index contributed by atoms with van der Waals surface area (Å²) in [4.78, 5) is 6.70. The summed E-state index contributed by atoms with van der Waals surface area (Å²) >= 11 is 0. The topological polar surface area (TPSA) is 39.5 Å². The van der Waals surface area contributed by atoms with Crippen LogP contribution in [-0.2, 0) is 13.0 Å². The minimum absolute atomic E-state index is 0.248. The number of ether oxygens (including phenoxy) is 2. The van der Waals surface area contributed by atoms with Gasteiger partial charge in [0, 0.05) is 13.1 Å². The average molecular weight is 387 g/mol. The molecule has 0 N–H and O–H groups in total. The van der Waals surface area contributed by atoms with Gasteiger partial charge in [-0.1, -0.05) is 12.1 Å². The highest BCUT2D eigenvalue weighted by Gasteiger charge is 2.29. The van der Waals surface area contributed by atoms with Crippen LogP contribution in [0, 0.1) is 0 Å². The Morgan fingerprint density at radius 1 is 1.04 bits per heavy atom. The van der Waals surface area contributed by atoms with Gasteiger partial charge in [0.25, 0.3) is 0 Å². The summed E-state index contributed by atoms with van der Waals surface area (Å²) in [5, 5.41) is 0. The number of para-hydroxylation sites is 2. The molecular formula is C21H23F2N3O2. The number of rotatable bonds is 5. The molecule has 5 nitrogen and oxygen atoms in total. The van der Waals surface area contributed by atoms with Crippen molar-refractivity contribution in [2.75, 3.05) is 20.8 Å². The molecular weight excluding hydrogens is 364 g/mol. The van der Waals surface area contributed by atoms with E-state index in [0.29, 0.717) is 34.9 Å². The average Bonchev–Trinajstić information content (AvgIpc) is 3.11. The smallest absolute Gasteiger partial charge is 0.320 e. The number of halogens is 2. The van der Waals surface area contributed by atoms with Gasteiger partial charge in [-0.25, -0.2) is 4.98 Å². The van der Waals surface area contributed by atoms with E-state index in [-0.39, 0.29) is 6.04 Å². The lowest BCUT2D eigenvalue weighted by Crippen LogP contribution is -2.34. The number of hydrogen-bond acceptors (Lipinski definition) is 4. The fraction of sp³-hybridized carbons (Fsp3) is 0.381. The first-order chi connectivity index (χ1) is 13.5. The van der Waals surface area contributed by atoms with Gasteiger partial charge in [0.15, 0.2) is 11.5 Å². The number of nitrogens with zero attached hydrogens (tertiary/aromatic N) is 3. The van der Waals surface area contributed by atoms with Gasteiger partial charge in [-0.2, -0.15) is 8.78 Å². The summed E-state index contributed by atoms with van der Waals surface area (Å²) < 4.78 is 39.5. The fourth-order valence-corrected chi connectivity index (χ4v) is 3.96. The first kappa shape index (κ1) is 18.7. The van der Waals surface area contributed by atoms with Gasteiger partial charge in [0.1, 0.15) is 5.82 Å². The highest BCUT2D eigenvalue weighted by molar-refractivity contribution is 5.76.